The molecule has 1 aliphatic heterocycles. The van der Waals surface area contributed by atoms with E-state index in [0.29, 0.717) is 24.0 Å². The largest absolute Gasteiger partial charge is 0.480 e. The molecule has 2 aromatic carbocycles. The second-order valence-corrected chi connectivity index (χ2v) is 13.1. The number of thioether (sulfide) groups is 1. The average molecular weight is 528 g/mol. The van der Waals surface area contributed by atoms with Crippen LogP contribution in [0, 0.1) is 11.3 Å². The number of hydrogen-bond donors (Lipinski definition) is 1. The maximum absolute atomic E-state index is 13.0. The number of imidazole rings is 1. The number of hydrogen-bond acceptors (Lipinski definition) is 5. The van der Waals surface area contributed by atoms with Gasteiger partial charge in [0, 0.05) is 24.3 Å². The topological polar surface area (TPSA) is 92.5 Å². The van der Waals surface area contributed by atoms with Gasteiger partial charge in [0.2, 0.25) is 10.0 Å². The summed E-state index contributed by atoms with van der Waals surface area (Å²) in [6.45, 7) is 6.70. The third-order valence-electron chi connectivity index (χ3n) is 6.40. The second kappa shape index (κ2) is 10.8. The van der Waals surface area contributed by atoms with Crippen molar-refractivity contribution in [3.8, 4) is 0 Å². The lowest BCUT2D eigenvalue weighted by atomic mass is 9.86. The molecular formula is C27H33N3O4S2. The van der Waals surface area contributed by atoms with Crippen LogP contribution in [-0.4, -0.2) is 52.2 Å². The Balaban J connectivity index is 1.52. The Morgan fingerprint density at radius 1 is 1.17 bits per heavy atom. The molecule has 2 heterocycles. The summed E-state index contributed by atoms with van der Waals surface area (Å²) in [7, 11) is -3.53. The quantitative estimate of drug-likeness (QED) is 0.388. The first kappa shape index (κ1) is 26.4. The number of benzene rings is 2. The lowest BCUT2D eigenvalue weighted by Gasteiger charge is -2.32. The zero-order chi connectivity index (χ0) is 25.9. The van der Waals surface area contributed by atoms with Gasteiger partial charge in [-0.25, -0.2) is 18.2 Å². The number of piperidine rings is 1. The molecule has 4 rings (SSSR count). The molecule has 0 bridgehead atoms. The van der Waals surface area contributed by atoms with Crippen LogP contribution in [0.4, 0.5) is 0 Å². The summed E-state index contributed by atoms with van der Waals surface area (Å²) >= 11 is 1.51. The number of para-hydroxylation sites is 2. The molecule has 1 N–H and O–H groups in total. The molecule has 0 saturated carbocycles. The molecule has 2 unspecified atom stereocenters. The fourth-order valence-corrected chi connectivity index (χ4v) is 7.11. The van der Waals surface area contributed by atoms with Crippen LogP contribution >= 0.6 is 11.8 Å². The number of carboxylic acids is 1. The van der Waals surface area contributed by atoms with E-state index in [2.05, 4.69) is 0 Å². The van der Waals surface area contributed by atoms with E-state index in [4.69, 9.17) is 4.98 Å². The number of carbonyl (C=O) groups is 1. The predicted molar refractivity (Wildman–Crippen MR) is 145 cm³/mol. The molecule has 3 aromatic rings. The number of aliphatic carboxylic acids is 1. The summed E-state index contributed by atoms with van der Waals surface area (Å²) in [6.07, 6.45) is 3.34. The molecular weight excluding hydrogens is 494 g/mol. The van der Waals surface area contributed by atoms with Gasteiger partial charge in [-0.05, 0) is 47.9 Å². The minimum Gasteiger partial charge on any atom is -0.480 e. The first-order valence-electron chi connectivity index (χ1n) is 12.1. The van der Waals surface area contributed by atoms with E-state index in [1.54, 1.807) is 10.4 Å². The van der Waals surface area contributed by atoms with Crippen molar-refractivity contribution in [2.24, 2.45) is 11.3 Å². The molecule has 2 atom stereocenters. The maximum atomic E-state index is 13.0. The highest BCUT2D eigenvalue weighted by Gasteiger charge is 2.36. The van der Waals surface area contributed by atoms with Gasteiger partial charge in [0.25, 0.3) is 0 Å². The molecule has 192 valence electrons. The van der Waals surface area contributed by atoms with Crippen LogP contribution in [0.15, 0.2) is 65.2 Å². The van der Waals surface area contributed by atoms with E-state index in [1.165, 1.54) is 17.2 Å². The Morgan fingerprint density at radius 2 is 1.86 bits per heavy atom. The van der Waals surface area contributed by atoms with E-state index in [1.807, 2.05) is 79.9 Å². The number of carboxylic acid groups (broad SMARTS) is 1. The van der Waals surface area contributed by atoms with Crippen LogP contribution in [0.1, 0.15) is 45.2 Å². The molecule has 36 heavy (non-hydrogen) atoms. The van der Waals surface area contributed by atoms with E-state index in [0.717, 1.165) is 29.4 Å². The van der Waals surface area contributed by atoms with Gasteiger partial charge < -0.3 is 9.67 Å². The Hall–Kier alpha value is -2.62. The van der Waals surface area contributed by atoms with E-state index >= 15 is 0 Å². The van der Waals surface area contributed by atoms with Gasteiger partial charge in [0.1, 0.15) is 6.04 Å². The van der Waals surface area contributed by atoms with Gasteiger partial charge in [-0.3, -0.25) is 0 Å². The van der Waals surface area contributed by atoms with Gasteiger partial charge in [0.05, 0.1) is 11.0 Å². The molecule has 0 amide bonds. The average Bonchev–Trinajstić information content (AvgIpc) is 3.19. The van der Waals surface area contributed by atoms with Crippen molar-refractivity contribution >= 4 is 44.9 Å². The zero-order valence-corrected chi connectivity index (χ0v) is 22.5. The third-order valence-corrected chi connectivity index (χ3v) is 9.11. The van der Waals surface area contributed by atoms with E-state index < -0.39 is 27.4 Å². The summed E-state index contributed by atoms with van der Waals surface area (Å²) in [5, 5.41) is 12.0. The Morgan fingerprint density at radius 3 is 2.56 bits per heavy atom. The Kier molecular flexibility index (Phi) is 7.92. The van der Waals surface area contributed by atoms with E-state index in [9.17, 15) is 18.3 Å². The first-order chi connectivity index (χ1) is 17.1. The minimum atomic E-state index is -3.53. The zero-order valence-electron chi connectivity index (χ0n) is 20.9. The minimum absolute atomic E-state index is 0.148. The molecule has 0 aliphatic carbocycles. The highest BCUT2D eigenvalue weighted by Crippen LogP contribution is 2.38. The molecule has 0 spiro atoms. The lowest BCUT2D eigenvalue weighted by molar-refractivity contribution is -0.144. The van der Waals surface area contributed by atoms with Gasteiger partial charge in [-0.1, -0.05) is 75.0 Å². The lowest BCUT2D eigenvalue weighted by Crippen LogP contribution is -2.39. The molecule has 7 nitrogen and oxygen atoms in total. The van der Waals surface area contributed by atoms with Gasteiger partial charge in [-0.15, -0.1) is 0 Å². The van der Waals surface area contributed by atoms with E-state index in [-0.39, 0.29) is 5.92 Å². The van der Waals surface area contributed by atoms with Crippen molar-refractivity contribution < 1.29 is 18.3 Å². The van der Waals surface area contributed by atoms with Crippen LogP contribution in [0.2, 0.25) is 0 Å². The Labute approximate surface area is 217 Å². The van der Waals surface area contributed by atoms with Crippen LogP contribution in [0.3, 0.4) is 0 Å². The van der Waals surface area contributed by atoms with Crippen LogP contribution in [0.25, 0.3) is 17.1 Å². The number of fused-ring (bicyclic) bond motifs is 1. The van der Waals surface area contributed by atoms with Gasteiger partial charge in [0.15, 0.2) is 5.16 Å². The maximum Gasteiger partial charge on any atom is 0.327 e. The molecule has 1 saturated heterocycles. The summed E-state index contributed by atoms with van der Waals surface area (Å²) in [6, 6.07) is 16.2. The number of nitrogens with zero attached hydrogens (tertiary/aromatic N) is 3. The number of rotatable bonds is 8. The first-order valence-corrected chi connectivity index (χ1v) is 14.6. The third kappa shape index (κ3) is 6.02. The summed E-state index contributed by atoms with van der Waals surface area (Å²) < 4.78 is 29.3. The molecule has 9 heteroatoms. The van der Waals surface area contributed by atoms with Crippen molar-refractivity contribution in [3.05, 3.63) is 65.6 Å². The van der Waals surface area contributed by atoms with Crippen molar-refractivity contribution in [3.63, 3.8) is 0 Å². The van der Waals surface area contributed by atoms with Crippen molar-refractivity contribution in [2.45, 2.75) is 44.8 Å². The van der Waals surface area contributed by atoms with Crippen LogP contribution in [-0.2, 0) is 14.8 Å². The highest BCUT2D eigenvalue weighted by molar-refractivity contribution is 7.99. The SMILES string of the molecule is CC(C)(C)C(C(=O)O)n1c(SCC2CCCN(S(=O)(=O)/C=C/c3ccccc3)C2)nc2ccccc21. The summed E-state index contributed by atoms with van der Waals surface area (Å²) in [5.74, 6) is -0.0868. The number of sulfonamides is 1. The molecule has 0 radical (unpaired) electrons. The van der Waals surface area contributed by atoms with Gasteiger partial charge >= 0.3 is 5.97 Å². The van der Waals surface area contributed by atoms with Crippen LogP contribution in [0.5, 0.6) is 0 Å². The van der Waals surface area contributed by atoms with Crippen molar-refractivity contribution in [2.75, 3.05) is 18.8 Å². The monoisotopic (exact) mass is 527 g/mol. The highest BCUT2D eigenvalue weighted by atomic mass is 32.2. The molecule has 1 aliphatic rings. The van der Waals surface area contributed by atoms with Crippen LogP contribution < -0.4 is 0 Å². The smallest absolute Gasteiger partial charge is 0.327 e. The standard InChI is InChI=1S/C27H33N3O4S2/c1-27(2,3)24(25(31)32)30-23-14-8-7-13-22(23)28-26(30)35-19-21-12-9-16-29(18-21)36(33,34)17-15-20-10-5-4-6-11-20/h4-8,10-11,13-15,17,21,24H,9,12,16,18-19H2,1-3H3,(H,31,32)/b17-15+. The fourth-order valence-electron chi connectivity index (χ4n) is 4.64. The summed E-state index contributed by atoms with van der Waals surface area (Å²) in [5.41, 5.74) is 1.87. The molecule has 1 aromatic heterocycles. The Bertz CT molecular complexity index is 1340. The van der Waals surface area contributed by atoms with Gasteiger partial charge in [-0.2, -0.15) is 4.31 Å². The second-order valence-electron chi connectivity index (χ2n) is 10.3. The molecule has 1 fully saturated rings. The predicted octanol–water partition coefficient (Wildman–Crippen LogP) is 5.51. The number of aromatic nitrogens is 2. The van der Waals surface area contributed by atoms with Crippen molar-refractivity contribution in [1.29, 1.82) is 0 Å². The van der Waals surface area contributed by atoms with Crippen molar-refractivity contribution in [1.82, 2.24) is 13.9 Å². The fraction of sp³-hybridized carbons (Fsp3) is 0.407. The normalized spacial score (nSPS) is 18.6. The summed E-state index contributed by atoms with van der Waals surface area (Å²) in [4.78, 5) is 17.1.